The van der Waals surface area contributed by atoms with Gasteiger partial charge in [0.1, 0.15) is 0 Å². The molecule has 2 aromatic carbocycles. The van der Waals surface area contributed by atoms with E-state index < -0.39 is 9.73 Å². The number of nitrogens with one attached hydrogen (secondary N) is 2. The number of β-amino-alcohol motifs (C(OH)–C–C–N with tert-alkyl or cyclic N) is 1. The van der Waals surface area contributed by atoms with Crippen molar-refractivity contribution in [2.45, 2.75) is 17.4 Å². The SMILES string of the molecule is C[S@](=N)(=O)c1ccc(N2CC[C@H](O)C2)c(-c2[nH]c3ccccc3c2Cl)c1. The van der Waals surface area contributed by atoms with Crippen LogP contribution < -0.4 is 4.90 Å². The van der Waals surface area contributed by atoms with E-state index in [4.69, 9.17) is 16.4 Å². The maximum absolute atomic E-state index is 12.3. The van der Waals surface area contributed by atoms with Gasteiger partial charge < -0.3 is 15.0 Å². The van der Waals surface area contributed by atoms with Crippen molar-refractivity contribution in [2.24, 2.45) is 0 Å². The zero-order valence-corrected chi connectivity index (χ0v) is 15.9. The summed E-state index contributed by atoms with van der Waals surface area (Å²) in [5.41, 5.74) is 3.39. The highest BCUT2D eigenvalue weighted by molar-refractivity contribution is 7.91. The lowest BCUT2D eigenvalue weighted by Gasteiger charge is -2.22. The Morgan fingerprint density at radius 1 is 1.31 bits per heavy atom. The summed E-state index contributed by atoms with van der Waals surface area (Å²) in [4.78, 5) is 5.93. The van der Waals surface area contributed by atoms with Crippen molar-refractivity contribution in [2.75, 3.05) is 24.2 Å². The zero-order chi connectivity index (χ0) is 18.5. The number of fused-ring (bicyclic) bond motifs is 1. The third-order valence-corrected chi connectivity index (χ3v) is 6.38. The van der Waals surface area contributed by atoms with Gasteiger partial charge in [-0.15, -0.1) is 0 Å². The van der Waals surface area contributed by atoms with Crippen LogP contribution in [0.5, 0.6) is 0 Å². The molecule has 0 amide bonds. The average Bonchev–Trinajstić information content (AvgIpc) is 3.18. The standard InChI is InChI=1S/C19H20ClN3O2S/c1-26(21,25)13-6-7-17(23-9-8-12(24)11-23)15(10-13)19-18(20)14-4-2-3-5-16(14)22-19/h2-7,10,12,21-22,24H,8-9,11H2,1H3/t12-,26-/m0/s1. The molecule has 1 aliphatic heterocycles. The van der Waals surface area contributed by atoms with Crippen molar-refractivity contribution in [3.63, 3.8) is 0 Å². The molecule has 0 spiro atoms. The molecule has 3 N–H and O–H groups in total. The number of halogens is 1. The van der Waals surface area contributed by atoms with Crippen LogP contribution in [0.1, 0.15) is 6.42 Å². The number of hydrogen-bond acceptors (Lipinski definition) is 4. The molecular formula is C19H20ClN3O2S. The van der Waals surface area contributed by atoms with Crippen LogP contribution in [-0.2, 0) is 9.73 Å². The first-order valence-corrected chi connectivity index (χ1v) is 10.8. The predicted octanol–water partition coefficient (Wildman–Crippen LogP) is 4.09. The van der Waals surface area contributed by atoms with E-state index in [1.807, 2.05) is 30.3 Å². The summed E-state index contributed by atoms with van der Waals surface area (Å²) < 4.78 is 20.2. The molecule has 0 aliphatic carbocycles. The number of hydrogen-bond donors (Lipinski definition) is 3. The van der Waals surface area contributed by atoms with Crippen LogP contribution in [0.4, 0.5) is 5.69 Å². The van der Waals surface area contributed by atoms with Gasteiger partial charge >= 0.3 is 0 Å². The molecule has 0 unspecified atom stereocenters. The van der Waals surface area contributed by atoms with Gasteiger partial charge in [0.05, 0.1) is 26.5 Å². The van der Waals surface area contributed by atoms with Gasteiger partial charge in [0.25, 0.3) is 0 Å². The summed E-state index contributed by atoms with van der Waals surface area (Å²) >= 11 is 6.65. The normalized spacial score (nSPS) is 19.8. The molecule has 7 heteroatoms. The highest BCUT2D eigenvalue weighted by Crippen LogP contribution is 2.40. The van der Waals surface area contributed by atoms with Gasteiger partial charge in [-0.2, -0.15) is 0 Å². The summed E-state index contributed by atoms with van der Waals surface area (Å²) in [7, 11) is -2.85. The number of aliphatic hydroxyl groups is 1. The summed E-state index contributed by atoms with van der Waals surface area (Å²) in [6.45, 7) is 1.29. The Bertz CT molecular complexity index is 1090. The second-order valence-electron chi connectivity index (χ2n) is 6.77. The van der Waals surface area contributed by atoms with Gasteiger partial charge in [-0.05, 0) is 30.7 Å². The Morgan fingerprint density at radius 2 is 2.08 bits per heavy atom. The van der Waals surface area contributed by atoms with Gasteiger partial charge in [0, 0.05) is 46.4 Å². The van der Waals surface area contributed by atoms with Crippen LogP contribution in [0.3, 0.4) is 0 Å². The van der Waals surface area contributed by atoms with E-state index in [9.17, 15) is 9.32 Å². The number of rotatable bonds is 3. The summed E-state index contributed by atoms with van der Waals surface area (Å²) in [5, 5.41) is 11.4. The van der Waals surface area contributed by atoms with Crippen LogP contribution in [-0.4, -0.2) is 39.7 Å². The molecule has 1 saturated heterocycles. The zero-order valence-electron chi connectivity index (χ0n) is 14.3. The van der Waals surface area contributed by atoms with E-state index in [2.05, 4.69) is 9.88 Å². The Hall–Kier alpha value is -2.02. The highest BCUT2D eigenvalue weighted by Gasteiger charge is 2.25. The van der Waals surface area contributed by atoms with Crippen LogP contribution in [0, 0.1) is 4.78 Å². The van der Waals surface area contributed by atoms with E-state index >= 15 is 0 Å². The minimum Gasteiger partial charge on any atom is -0.391 e. The molecule has 0 saturated carbocycles. The number of anilines is 1. The number of para-hydroxylation sites is 1. The molecule has 2 heterocycles. The predicted molar refractivity (Wildman–Crippen MR) is 107 cm³/mol. The molecular weight excluding hydrogens is 370 g/mol. The smallest absolute Gasteiger partial charge is 0.0741 e. The lowest BCUT2D eigenvalue weighted by Crippen LogP contribution is -2.22. The molecule has 5 nitrogen and oxygen atoms in total. The van der Waals surface area contributed by atoms with Crippen LogP contribution >= 0.6 is 11.6 Å². The quantitative estimate of drug-likeness (QED) is 0.631. The van der Waals surface area contributed by atoms with E-state index in [0.717, 1.165) is 34.4 Å². The molecule has 0 radical (unpaired) electrons. The maximum Gasteiger partial charge on any atom is 0.0741 e. The first-order valence-electron chi connectivity index (χ1n) is 8.42. The molecule has 1 aromatic heterocycles. The maximum atomic E-state index is 12.3. The number of aliphatic hydroxyl groups excluding tert-OH is 1. The summed E-state index contributed by atoms with van der Waals surface area (Å²) in [6, 6.07) is 13.2. The second-order valence-corrected chi connectivity index (χ2v) is 9.31. The number of aromatic amines is 1. The van der Waals surface area contributed by atoms with E-state index in [-0.39, 0.29) is 6.10 Å². The van der Waals surface area contributed by atoms with Gasteiger partial charge in [-0.1, -0.05) is 29.8 Å². The molecule has 1 fully saturated rings. The molecule has 0 bridgehead atoms. The minimum absolute atomic E-state index is 0.354. The van der Waals surface area contributed by atoms with Crippen molar-refractivity contribution in [3.05, 3.63) is 47.5 Å². The lowest BCUT2D eigenvalue weighted by molar-refractivity contribution is 0.198. The number of benzene rings is 2. The van der Waals surface area contributed by atoms with Gasteiger partial charge in [-0.3, -0.25) is 0 Å². The largest absolute Gasteiger partial charge is 0.391 e. The Morgan fingerprint density at radius 3 is 2.73 bits per heavy atom. The first kappa shape index (κ1) is 17.4. The van der Waals surface area contributed by atoms with Crippen LogP contribution in [0.25, 0.3) is 22.2 Å². The monoisotopic (exact) mass is 389 g/mol. The minimum atomic E-state index is -2.85. The van der Waals surface area contributed by atoms with Crippen molar-refractivity contribution in [3.8, 4) is 11.3 Å². The third-order valence-electron chi connectivity index (χ3n) is 4.83. The average molecular weight is 390 g/mol. The Labute approximate surface area is 157 Å². The highest BCUT2D eigenvalue weighted by atomic mass is 35.5. The fourth-order valence-electron chi connectivity index (χ4n) is 3.49. The van der Waals surface area contributed by atoms with Gasteiger partial charge in [-0.25, -0.2) is 8.99 Å². The van der Waals surface area contributed by atoms with E-state index in [1.54, 1.807) is 12.1 Å². The fourth-order valence-corrected chi connectivity index (χ4v) is 4.47. The molecule has 1 aliphatic rings. The van der Waals surface area contributed by atoms with E-state index in [0.29, 0.717) is 22.9 Å². The van der Waals surface area contributed by atoms with Crippen LogP contribution in [0.2, 0.25) is 5.02 Å². The summed E-state index contributed by atoms with van der Waals surface area (Å²) in [5.74, 6) is 0. The number of nitrogens with zero attached hydrogens (tertiary/aromatic N) is 1. The number of aromatic nitrogens is 1. The fraction of sp³-hybridized carbons (Fsp3) is 0.263. The molecule has 2 atom stereocenters. The van der Waals surface area contributed by atoms with Crippen molar-refractivity contribution >= 4 is 37.9 Å². The lowest BCUT2D eigenvalue weighted by atomic mass is 10.1. The number of H-pyrrole nitrogens is 1. The summed E-state index contributed by atoms with van der Waals surface area (Å²) in [6.07, 6.45) is 1.77. The molecule has 4 rings (SSSR count). The topological polar surface area (TPSA) is 80.2 Å². The molecule has 136 valence electrons. The van der Waals surface area contributed by atoms with Crippen molar-refractivity contribution < 1.29 is 9.32 Å². The molecule has 3 aromatic rings. The van der Waals surface area contributed by atoms with Crippen molar-refractivity contribution in [1.29, 1.82) is 4.78 Å². The van der Waals surface area contributed by atoms with E-state index in [1.165, 1.54) is 6.26 Å². The van der Waals surface area contributed by atoms with Crippen LogP contribution in [0.15, 0.2) is 47.4 Å². The van der Waals surface area contributed by atoms with Gasteiger partial charge in [0.2, 0.25) is 0 Å². The Kier molecular flexibility index (Phi) is 4.22. The third kappa shape index (κ3) is 2.98. The van der Waals surface area contributed by atoms with Gasteiger partial charge in [0.15, 0.2) is 0 Å². The molecule has 26 heavy (non-hydrogen) atoms. The first-order chi connectivity index (χ1) is 12.3. The Balaban J connectivity index is 1.95. The van der Waals surface area contributed by atoms with Crippen molar-refractivity contribution in [1.82, 2.24) is 4.98 Å². The second kappa shape index (κ2) is 6.30.